The molecule has 4 heteroatoms. The van der Waals surface area contributed by atoms with E-state index in [0.29, 0.717) is 0 Å². The fraction of sp³-hybridized carbons (Fsp3) is 1.00. The van der Waals surface area contributed by atoms with Crippen LogP contribution in [0.15, 0.2) is 0 Å². The summed E-state index contributed by atoms with van der Waals surface area (Å²) in [6.07, 6.45) is 0. The third kappa shape index (κ3) is 20.8. The first kappa shape index (κ1) is 15.8. The standard InChI is InChI=1S/C2H6O2.Na.H2O/c3-1-2-4;;/h3-4H,1-2H2;;1H2/q;+1;/p-1. The summed E-state index contributed by atoms with van der Waals surface area (Å²) in [4.78, 5) is 0. The van der Waals surface area contributed by atoms with Crippen LogP contribution < -0.4 is 29.6 Å². The first-order valence-corrected chi connectivity index (χ1v) is 1.13. The van der Waals surface area contributed by atoms with Gasteiger partial charge in [-0.05, 0) is 0 Å². The van der Waals surface area contributed by atoms with Crippen LogP contribution in [0.25, 0.3) is 0 Å². The van der Waals surface area contributed by atoms with Crippen molar-refractivity contribution in [3.8, 4) is 0 Å². The van der Waals surface area contributed by atoms with E-state index >= 15 is 0 Å². The van der Waals surface area contributed by atoms with Gasteiger partial charge in [0.25, 0.3) is 0 Å². The van der Waals surface area contributed by atoms with Crippen LogP contribution >= 0.6 is 0 Å². The minimum atomic E-state index is -0.125. The molecule has 3 nitrogen and oxygen atoms in total. The van der Waals surface area contributed by atoms with Crippen LogP contribution in [0.3, 0.4) is 0 Å². The van der Waals surface area contributed by atoms with Gasteiger partial charge in [0.1, 0.15) is 0 Å². The van der Waals surface area contributed by atoms with Crippen LogP contribution in [-0.2, 0) is 0 Å². The average Bonchev–Trinajstić information content (AvgIpc) is 1.37. The molecule has 0 amide bonds. The Bertz CT molecular complexity index is 10.8. The summed E-state index contributed by atoms with van der Waals surface area (Å²) in [6.45, 7) is -0.250. The van der Waals surface area contributed by atoms with E-state index in [2.05, 4.69) is 0 Å². The van der Waals surface area contributed by atoms with Gasteiger partial charge in [-0.2, -0.15) is 0 Å². The van der Waals surface area contributed by atoms with Gasteiger partial charge in [0.05, 0.1) is 13.2 Å². The molecule has 0 radical (unpaired) electrons. The van der Waals surface area contributed by atoms with Crippen LogP contribution in [0.4, 0.5) is 0 Å². The molecule has 0 heterocycles. The van der Waals surface area contributed by atoms with Gasteiger partial charge in [-0.3, -0.25) is 0 Å². The van der Waals surface area contributed by atoms with Gasteiger partial charge in [0.2, 0.25) is 0 Å². The molecule has 0 saturated heterocycles. The topological polar surface area (TPSA) is 70.5 Å². The number of aliphatic hydroxyl groups excluding tert-OH is 2. The fourth-order valence-electron chi connectivity index (χ4n) is 0. The zero-order valence-corrected chi connectivity index (χ0v) is 5.76. The molecule has 3 N–H and O–H groups in total. The summed E-state index contributed by atoms with van der Waals surface area (Å²) in [5, 5.41) is 15.2. The zero-order chi connectivity index (χ0) is 3.41. The Morgan fingerprint density at radius 1 is 1.00 bits per heavy atom. The average molecular weight is 102 g/mol. The van der Waals surface area contributed by atoms with Gasteiger partial charge in [-0.25, -0.2) is 0 Å². The minimum Gasteiger partial charge on any atom is -0.870 e. The Labute approximate surface area is 58.6 Å². The monoisotopic (exact) mass is 102 g/mol. The van der Waals surface area contributed by atoms with Crippen molar-refractivity contribution in [1.29, 1.82) is 0 Å². The van der Waals surface area contributed by atoms with Crippen LogP contribution in [0.1, 0.15) is 0 Å². The summed E-state index contributed by atoms with van der Waals surface area (Å²) >= 11 is 0. The Hall–Kier alpha value is 0.880. The van der Waals surface area contributed by atoms with Crippen LogP contribution in [0, 0.1) is 0 Å². The first-order valence-electron chi connectivity index (χ1n) is 1.13. The summed E-state index contributed by atoms with van der Waals surface area (Å²) in [5.41, 5.74) is 0. The van der Waals surface area contributed by atoms with E-state index in [1.807, 2.05) is 0 Å². The third-order valence-electron chi connectivity index (χ3n) is 0.1000. The number of hydrogen-bond donors (Lipinski definition) is 2. The van der Waals surface area contributed by atoms with Crippen molar-refractivity contribution in [3.05, 3.63) is 0 Å². The number of hydrogen-bond acceptors (Lipinski definition) is 3. The SMILES string of the molecule is OCCO.[Na+].[OH-]. The number of rotatable bonds is 1. The molecule has 0 aromatic rings. The van der Waals surface area contributed by atoms with E-state index in [9.17, 15) is 0 Å². The van der Waals surface area contributed by atoms with E-state index in [0.717, 1.165) is 0 Å². The molecule has 34 valence electrons. The first-order chi connectivity index (χ1) is 1.91. The molecule has 0 saturated carbocycles. The van der Waals surface area contributed by atoms with Crippen molar-refractivity contribution in [2.45, 2.75) is 0 Å². The molecule has 0 aliphatic rings. The predicted octanol–water partition coefficient (Wildman–Crippen LogP) is -4.20. The van der Waals surface area contributed by atoms with Crippen molar-refractivity contribution in [3.63, 3.8) is 0 Å². The maximum absolute atomic E-state index is 7.62. The van der Waals surface area contributed by atoms with Crippen LogP contribution in [0.5, 0.6) is 0 Å². The van der Waals surface area contributed by atoms with Crippen molar-refractivity contribution >= 4 is 0 Å². The van der Waals surface area contributed by atoms with Crippen LogP contribution in [-0.4, -0.2) is 28.9 Å². The number of aliphatic hydroxyl groups is 2. The van der Waals surface area contributed by atoms with Gasteiger partial charge in [0, 0.05) is 0 Å². The molecule has 0 unspecified atom stereocenters. The molecule has 0 spiro atoms. The Balaban J connectivity index is -0.0000000450. The molecule has 0 atom stereocenters. The smallest absolute Gasteiger partial charge is 0.870 e. The van der Waals surface area contributed by atoms with Crippen LogP contribution in [0.2, 0.25) is 0 Å². The second kappa shape index (κ2) is 16.9. The molecular formula is C2H7NaO3. The second-order valence-electron chi connectivity index (χ2n) is 0.447. The van der Waals surface area contributed by atoms with Crippen molar-refractivity contribution < 1.29 is 45.2 Å². The fourth-order valence-corrected chi connectivity index (χ4v) is 0. The Morgan fingerprint density at radius 2 is 1.17 bits per heavy atom. The Morgan fingerprint density at radius 3 is 1.17 bits per heavy atom. The molecule has 0 aromatic carbocycles. The molecule has 0 aliphatic carbocycles. The second-order valence-corrected chi connectivity index (χ2v) is 0.447. The molecule has 6 heavy (non-hydrogen) atoms. The molecule has 0 aromatic heterocycles. The zero-order valence-electron chi connectivity index (χ0n) is 3.76. The van der Waals surface area contributed by atoms with Gasteiger partial charge in [-0.15, -0.1) is 0 Å². The summed E-state index contributed by atoms with van der Waals surface area (Å²) in [6, 6.07) is 0. The largest absolute Gasteiger partial charge is 1.00 e. The summed E-state index contributed by atoms with van der Waals surface area (Å²) < 4.78 is 0. The van der Waals surface area contributed by atoms with E-state index in [-0.39, 0.29) is 48.2 Å². The van der Waals surface area contributed by atoms with Gasteiger partial charge >= 0.3 is 29.6 Å². The molecular weight excluding hydrogens is 95.0 g/mol. The third-order valence-corrected chi connectivity index (χ3v) is 0.1000. The van der Waals surface area contributed by atoms with E-state index in [1.165, 1.54) is 0 Å². The molecule has 0 aliphatic heterocycles. The summed E-state index contributed by atoms with van der Waals surface area (Å²) in [5.74, 6) is 0. The quantitative estimate of drug-likeness (QED) is 0.330. The van der Waals surface area contributed by atoms with Crippen molar-refractivity contribution in [2.75, 3.05) is 13.2 Å². The molecule has 0 bridgehead atoms. The van der Waals surface area contributed by atoms with Gasteiger partial charge in [-0.1, -0.05) is 0 Å². The normalized spacial score (nSPS) is 5.00. The molecule has 0 fully saturated rings. The van der Waals surface area contributed by atoms with Crippen molar-refractivity contribution in [2.24, 2.45) is 0 Å². The maximum Gasteiger partial charge on any atom is 1.00 e. The predicted molar refractivity (Wildman–Crippen MR) is 16.1 cm³/mol. The Kier molecular flexibility index (Phi) is 44.5. The van der Waals surface area contributed by atoms with Gasteiger partial charge in [0.15, 0.2) is 0 Å². The van der Waals surface area contributed by atoms with E-state index < -0.39 is 0 Å². The molecule has 0 rings (SSSR count). The van der Waals surface area contributed by atoms with E-state index in [1.54, 1.807) is 0 Å². The van der Waals surface area contributed by atoms with Crippen molar-refractivity contribution in [1.82, 2.24) is 0 Å². The summed E-state index contributed by atoms with van der Waals surface area (Å²) in [7, 11) is 0. The maximum atomic E-state index is 7.62. The van der Waals surface area contributed by atoms with Gasteiger partial charge < -0.3 is 15.7 Å². The minimum absolute atomic E-state index is 0. The van der Waals surface area contributed by atoms with E-state index in [4.69, 9.17) is 10.2 Å².